The van der Waals surface area contributed by atoms with E-state index in [0.29, 0.717) is 10.7 Å². The Labute approximate surface area is 125 Å². The SMILES string of the molecule is NC(=S)SC1CCS(=O)(=O)C1.[K]. The molecule has 0 saturated carbocycles. The minimum Gasteiger partial charge on any atom is -0.385 e. The van der Waals surface area contributed by atoms with Gasteiger partial charge in [-0.15, -0.1) is 0 Å². The molecule has 1 unspecified atom stereocenters. The van der Waals surface area contributed by atoms with Crippen LogP contribution >= 0.6 is 24.0 Å². The van der Waals surface area contributed by atoms with E-state index in [0.717, 1.165) is 0 Å². The fraction of sp³-hybridized carbons (Fsp3) is 0.800. The summed E-state index contributed by atoms with van der Waals surface area (Å²) in [6.45, 7) is 0. The molecule has 0 aromatic rings. The third-order valence-electron chi connectivity index (χ3n) is 1.47. The summed E-state index contributed by atoms with van der Waals surface area (Å²) in [4.78, 5) is 0. The Morgan fingerprint density at radius 1 is 1.58 bits per heavy atom. The molecule has 12 heavy (non-hydrogen) atoms. The summed E-state index contributed by atoms with van der Waals surface area (Å²) in [6, 6.07) is 0. The van der Waals surface area contributed by atoms with Crippen LogP contribution in [0.1, 0.15) is 6.42 Å². The third-order valence-corrected chi connectivity index (χ3v) is 4.71. The molecule has 0 bridgehead atoms. The van der Waals surface area contributed by atoms with Gasteiger partial charge in [-0.25, -0.2) is 8.42 Å². The van der Waals surface area contributed by atoms with Crippen molar-refractivity contribution < 1.29 is 8.42 Å². The average Bonchev–Trinajstić information content (AvgIpc) is 2.08. The Kier molecular flexibility index (Phi) is 6.50. The first-order valence-electron chi connectivity index (χ1n) is 3.16. The molecule has 1 aliphatic heterocycles. The van der Waals surface area contributed by atoms with Crippen LogP contribution in [0.2, 0.25) is 0 Å². The van der Waals surface area contributed by atoms with Crippen molar-refractivity contribution >= 4 is 89.5 Å². The largest absolute Gasteiger partial charge is 0.385 e. The van der Waals surface area contributed by atoms with Gasteiger partial charge in [0.15, 0.2) is 9.84 Å². The molecule has 1 fully saturated rings. The Morgan fingerprint density at radius 2 is 2.17 bits per heavy atom. The van der Waals surface area contributed by atoms with E-state index in [1.807, 2.05) is 0 Å². The van der Waals surface area contributed by atoms with Gasteiger partial charge in [-0.3, -0.25) is 0 Å². The molecule has 0 aromatic heterocycles. The molecule has 1 saturated heterocycles. The Hall–Kier alpha value is 1.83. The zero-order chi connectivity index (χ0) is 8.48. The molecule has 0 aliphatic carbocycles. The molecule has 7 heteroatoms. The number of hydrogen-bond donors (Lipinski definition) is 1. The van der Waals surface area contributed by atoms with E-state index in [2.05, 4.69) is 12.2 Å². The summed E-state index contributed by atoms with van der Waals surface area (Å²) in [5.74, 6) is 0.516. The molecule has 1 atom stereocenters. The van der Waals surface area contributed by atoms with Gasteiger partial charge in [0.1, 0.15) is 4.32 Å². The van der Waals surface area contributed by atoms with Gasteiger partial charge in [-0.2, -0.15) is 0 Å². The van der Waals surface area contributed by atoms with Gasteiger partial charge in [0.05, 0.1) is 11.5 Å². The Bertz CT molecular complexity index is 264. The smallest absolute Gasteiger partial charge is 0.151 e. The van der Waals surface area contributed by atoms with Crippen LogP contribution in [-0.4, -0.2) is 80.9 Å². The van der Waals surface area contributed by atoms with E-state index in [9.17, 15) is 8.42 Å². The van der Waals surface area contributed by atoms with Gasteiger partial charge in [0, 0.05) is 56.6 Å². The number of thioether (sulfide) groups is 1. The van der Waals surface area contributed by atoms with Gasteiger partial charge in [-0.1, -0.05) is 24.0 Å². The molecule has 1 heterocycles. The summed E-state index contributed by atoms with van der Waals surface area (Å²) in [5.41, 5.74) is 5.26. The van der Waals surface area contributed by atoms with Crippen molar-refractivity contribution in [2.75, 3.05) is 11.5 Å². The number of rotatable bonds is 1. The van der Waals surface area contributed by atoms with Gasteiger partial charge >= 0.3 is 0 Å². The second kappa shape index (κ2) is 5.65. The molecule has 0 amide bonds. The Balaban J connectivity index is 0.00000121. The molecule has 0 aromatic carbocycles. The maximum absolute atomic E-state index is 10.9. The molecule has 65 valence electrons. The number of thiocarbonyl (C=S) groups is 1. The van der Waals surface area contributed by atoms with Gasteiger partial charge in [0.25, 0.3) is 0 Å². The van der Waals surface area contributed by atoms with E-state index >= 15 is 0 Å². The van der Waals surface area contributed by atoms with Gasteiger partial charge in [-0.05, 0) is 6.42 Å². The number of nitrogens with two attached hydrogens (primary N) is 1. The maximum Gasteiger partial charge on any atom is 0.151 e. The summed E-state index contributed by atoms with van der Waals surface area (Å²) in [7, 11) is -2.78. The zero-order valence-corrected chi connectivity index (χ0v) is 12.4. The predicted molar refractivity (Wildman–Crippen MR) is 57.2 cm³/mol. The van der Waals surface area contributed by atoms with Crippen molar-refractivity contribution in [3.05, 3.63) is 0 Å². The minimum atomic E-state index is -2.78. The fourth-order valence-electron chi connectivity index (χ4n) is 1.02. The normalized spacial score (nSPS) is 26.2. The first-order chi connectivity index (χ1) is 4.99. The van der Waals surface area contributed by atoms with Crippen molar-refractivity contribution in [2.45, 2.75) is 11.7 Å². The molecular weight excluding hydrogens is 241 g/mol. The zero-order valence-electron chi connectivity index (χ0n) is 6.82. The quantitative estimate of drug-likeness (QED) is 0.514. The van der Waals surface area contributed by atoms with E-state index in [4.69, 9.17) is 5.73 Å². The minimum absolute atomic E-state index is 0. The fourth-order valence-corrected chi connectivity index (χ4v) is 4.58. The topological polar surface area (TPSA) is 60.2 Å². The molecule has 0 spiro atoms. The van der Waals surface area contributed by atoms with Crippen LogP contribution in [0.25, 0.3) is 0 Å². The van der Waals surface area contributed by atoms with Gasteiger partial charge < -0.3 is 5.73 Å². The standard InChI is InChI=1S/C5H9NO2S3.K/c6-5(9)10-4-1-2-11(7,8)3-4;/h4H,1-3H2,(H2,6,9);. The number of hydrogen-bond acceptors (Lipinski definition) is 4. The summed E-state index contributed by atoms with van der Waals surface area (Å²) in [5, 5.41) is 0.0949. The van der Waals surface area contributed by atoms with Crippen molar-refractivity contribution in [1.29, 1.82) is 0 Å². The molecule has 1 rings (SSSR count). The molecular formula is C5H9KNO2S3. The summed E-state index contributed by atoms with van der Waals surface area (Å²) >= 11 is 5.95. The van der Waals surface area contributed by atoms with E-state index in [1.54, 1.807) is 0 Å². The second-order valence-corrected chi connectivity index (χ2v) is 6.73. The van der Waals surface area contributed by atoms with E-state index in [1.165, 1.54) is 11.8 Å². The van der Waals surface area contributed by atoms with E-state index in [-0.39, 0.29) is 68.1 Å². The second-order valence-electron chi connectivity index (χ2n) is 2.46. The van der Waals surface area contributed by atoms with Crippen LogP contribution in [0.5, 0.6) is 0 Å². The van der Waals surface area contributed by atoms with Crippen LogP contribution in [0.15, 0.2) is 0 Å². The summed E-state index contributed by atoms with van der Waals surface area (Å²) < 4.78 is 22.2. The van der Waals surface area contributed by atoms with Gasteiger partial charge in [0.2, 0.25) is 0 Å². The maximum atomic E-state index is 10.9. The molecule has 2 N–H and O–H groups in total. The molecule has 1 radical (unpaired) electrons. The van der Waals surface area contributed by atoms with Crippen LogP contribution in [0.4, 0.5) is 0 Å². The first-order valence-corrected chi connectivity index (χ1v) is 6.27. The monoisotopic (exact) mass is 250 g/mol. The first kappa shape index (κ1) is 13.8. The van der Waals surface area contributed by atoms with Crippen LogP contribution < -0.4 is 5.73 Å². The van der Waals surface area contributed by atoms with Crippen molar-refractivity contribution in [3.63, 3.8) is 0 Å². The summed E-state index contributed by atoms with van der Waals surface area (Å²) in [6.07, 6.45) is 0.685. The van der Waals surface area contributed by atoms with Crippen molar-refractivity contribution in [1.82, 2.24) is 0 Å². The van der Waals surface area contributed by atoms with Crippen LogP contribution in [0, 0.1) is 0 Å². The number of sulfone groups is 1. The molecule has 1 aliphatic rings. The molecule has 3 nitrogen and oxygen atoms in total. The average molecular weight is 250 g/mol. The van der Waals surface area contributed by atoms with Crippen molar-refractivity contribution in [2.24, 2.45) is 5.73 Å². The third kappa shape index (κ3) is 4.90. The predicted octanol–water partition coefficient (Wildman–Crippen LogP) is -0.230. The van der Waals surface area contributed by atoms with Crippen LogP contribution in [0.3, 0.4) is 0 Å². The Morgan fingerprint density at radius 3 is 2.50 bits per heavy atom. The van der Waals surface area contributed by atoms with E-state index < -0.39 is 9.84 Å². The van der Waals surface area contributed by atoms with Crippen molar-refractivity contribution in [3.8, 4) is 0 Å². The van der Waals surface area contributed by atoms with Crippen LogP contribution in [-0.2, 0) is 9.84 Å².